The average molecular weight is 315 g/mol. The number of benzene rings is 1. The molecule has 1 aromatic rings. The van der Waals surface area contributed by atoms with Gasteiger partial charge in [-0.2, -0.15) is 0 Å². The van der Waals surface area contributed by atoms with Crippen LogP contribution in [0.15, 0.2) is 24.3 Å². The lowest BCUT2D eigenvalue weighted by Gasteiger charge is -2.20. The van der Waals surface area contributed by atoms with E-state index in [9.17, 15) is 9.59 Å². The van der Waals surface area contributed by atoms with Gasteiger partial charge in [0.1, 0.15) is 0 Å². The van der Waals surface area contributed by atoms with Crippen LogP contribution in [0, 0.1) is 12.8 Å². The highest BCUT2D eigenvalue weighted by atomic mass is 16.2. The summed E-state index contributed by atoms with van der Waals surface area (Å²) in [6.45, 7) is 4.21. The molecule has 0 aromatic heterocycles. The van der Waals surface area contributed by atoms with Gasteiger partial charge in [0, 0.05) is 24.4 Å². The van der Waals surface area contributed by atoms with E-state index in [4.69, 9.17) is 0 Å². The number of carbonyl (C=O) groups excluding carboxylic acids is 2. The van der Waals surface area contributed by atoms with Crippen LogP contribution in [0.2, 0.25) is 0 Å². The molecule has 1 saturated carbocycles. The molecule has 0 radical (unpaired) electrons. The van der Waals surface area contributed by atoms with E-state index in [1.807, 2.05) is 31.2 Å². The smallest absolute Gasteiger partial charge is 0.220 e. The largest absolute Gasteiger partial charge is 0.353 e. The van der Waals surface area contributed by atoms with Crippen molar-refractivity contribution in [2.75, 3.05) is 0 Å². The van der Waals surface area contributed by atoms with Gasteiger partial charge in [-0.1, -0.05) is 56.0 Å². The molecular weight excluding hydrogens is 286 g/mol. The third kappa shape index (κ3) is 5.49. The molecule has 2 rings (SSSR count). The molecule has 1 amide bonds. The molecule has 0 bridgehead atoms. The molecule has 0 heterocycles. The zero-order valence-corrected chi connectivity index (χ0v) is 14.4. The molecule has 2 atom stereocenters. The molecule has 3 nitrogen and oxygen atoms in total. The quantitative estimate of drug-likeness (QED) is 0.721. The molecule has 2 unspecified atom stereocenters. The van der Waals surface area contributed by atoms with E-state index in [1.165, 1.54) is 32.1 Å². The van der Waals surface area contributed by atoms with Crippen LogP contribution in [-0.4, -0.2) is 17.7 Å². The highest BCUT2D eigenvalue weighted by molar-refractivity contribution is 5.97. The monoisotopic (exact) mass is 315 g/mol. The van der Waals surface area contributed by atoms with E-state index in [0.29, 0.717) is 30.4 Å². The first-order valence-electron chi connectivity index (χ1n) is 8.99. The fourth-order valence-electron chi connectivity index (χ4n) is 3.43. The first-order valence-corrected chi connectivity index (χ1v) is 8.99. The van der Waals surface area contributed by atoms with E-state index in [0.717, 1.165) is 12.0 Å². The third-order valence-corrected chi connectivity index (χ3v) is 4.89. The molecule has 0 saturated heterocycles. The van der Waals surface area contributed by atoms with Crippen molar-refractivity contribution in [3.05, 3.63) is 35.4 Å². The molecule has 1 aliphatic carbocycles. The van der Waals surface area contributed by atoms with Crippen LogP contribution in [-0.2, 0) is 4.79 Å². The molecule has 0 aliphatic heterocycles. The summed E-state index contributed by atoms with van der Waals surface area (Å²) in [5, 5.41) is 3.16. The minimum atomic E-state index is 0.0267. The number of amides is 1. The second kappa shape index (κ2) is 8.85. The van der Waals surface area contributed by atoms with Gasteiger partial charge in [-0.25, -0.2) is 0 Å². The Kier molecular flexibility index (Phi) is 6.82. The van der Waals surface area contributed by atoms with Gasteiger partial charge in [0.25, 0.3) is 0 Å². The summed E-state index contributed by atoms with van der Waals surface area (Å²) in [7, 11) is 0. The van der Waals surface area contributed by atoms with Crippen LogP contribution in [0.5, 0.6) is 0 Å². The Morgan fingerprint density at radius 2 is 1.87 bits per heavy atom. The number of aryl methyl sites for hydroxylation is 1. The zero-order chi connectivity index (χ0) is 16.7. The van der Waals surface area contributed by atoms with Gasteiger partial charge in [-0.3, -0.25) is 9.59 Å². The summed E-state index contributed by atoms with van der Waals surface area (Å²) in [6, 6.07) is 7.87. The number of Topliss-reactive ketones (excluding diaryl/α,β-unsaturated/α-hetero) is 1. The van der Waals surface area contributed by atoms with Crippen molar-refractivity contribution in [2.24, 2.45) is 5.92 Å². The van der Waals surface area contributed by atoms with Crippen LogP contribution >= 0.6 is 0 Å². The number of carbonyl (C=O) groups is 2. The second-order valence-corrected chi connectivity index (χ2v) is 6.80. The standard InChI is InChI=1S/C20H29NO2/c1-3-4-6-16-7-5-8-18(16)21-20(23)14-13-19(22)17-11-9-15(2)10-12-17/h9-12,16,18H,3-8,13-14H2,1-2H3,(H,21,23). The Balaban J connectivity index is 1.76. The van der Waals surface area contributed by atoms with Gasteiger partial charge >= 0.3 is 0 Å². The summed E-state index contributed by atoms with van der Waals surface area (Å²) in [4.78, 5) is 24.3. The maximum Gasteiger partial charge on any atom is 0.220 e. The number of hydrogen-bond acceptors (Lipinski definition) is 2. The van der Waals surface area contributed by atoms with E-state index < -0.39 is 0 Å². The van der Waals surface area contributed by atoms with Crippen molar-refractivity contribution < 1.29 is 9.59 Å². The molecule has 1 N–H and O–H groups in total. The number of ketones is 1. The van der Waals surface area contributed by atoms with Crippen molar-refractivity contribution in [2.45, 2.75) is 71.3 Å². The fourth-order valence-corrected chi connectivity index (χ4v) is 3.43. The van der Waals surface area contributed by atoms with E-state index >= 15 is 0 Å². The average Bonchev–Trinajstić information content (AvgIpc) is 2.98. The molecule has 1 aliphatic rings. The molecule has 0 spiro atoms. The maximum absolute atomic E-state index is 12.1. The molecule has 1 fully saturated rings. The van der Waals surface area contributed by atoms with Crippen molar-refractivity contribution in [1.29, 1.82) is 0 Å². The van der Waals surface area contributed by atoms with Crippen molar-refractivity contribution in [1.82, 2.24) is 5.32 Å². The lowest BCUT2D eigenvalue weighted by atomic mass is 9.96. The highest BCUT2D eigenvalue weighted by Gasteiger charge is 2.27. The van der Waals surface area contributed by atoms with Gasteiger partial charge in [0.2, 0.25) is 5.91 Å². The summed E-state index contributed by atoms with van der Waals surface area (Å²) in [5.41, 5.74) is 1.84. The summed E-state index contributed by atoms with van der Waals surface area (Å²) in [6.07, 6.45) is 7.78. The predicted octanol–water partition coefficient (Wildman–Crippen LogP) is 4.43. The lowest BCUT2D eigenvalue weighted by Crippen LogP contribution is -2.37. The molecule has 1 aromatic carbocycles. The Morgan fingerprint density at radius 1 is 1.13 bits per heavy atom. The SMILES string of the molecule is CCCCC1CCCC1NC(=O)CCC(=O)c1ccc(C)cc1. The minimum absolute atomic E-state index is 0.0267. The zero-order valence-electron chi connectivity index (χ0n) is 14.4. The fraction of sp³-hybridized carbons (Fsp3) is 0.600. The van der Waals surface area contributed by atoms with Crippen molar-refractivity contribution in [3.63, 3.8) is 0 Å². The van der Waals surface area contributed by atoms with Gasteiger partial charge in [-0.05, 0) is 32.1 Å². The van der Waals surface area contributed by atoms with Gasteiger partial charge in [-0.15, -0.1) is 0 Å². The maximum atomic E-state index is 12.1. The molecular formula is C20H29NO2. The Labute approximate surface area is 139 Å². The normalized spacial score (nSPS) is 20.4. The van der Waals surface area contributed by atoms with Crippen molar-refractivity contribution in [3.8, 4) is 0 Å². The Bertz CT molecular complexity index is 521. The van der Waals surface area contributed by atoms with Gasteiger partial charge in [0.05, 0.1) is 0 Å². The molecule has 126 valence electrons. The summed E-state index contributed by atoms with van der Waals surface area (Å²) >= 11 is 0. The minimum Gasteiger partial charge on any atom is -0.353 e. The van der Waals surface area contributed by atoms with Crippen LogP contribution < -0.4 is 5.32 Å². The van der Waals surface area contributed by atoms with Gasteiger partial charge in [0.15, 0.2) is 5.78 Å². The predicted molar refractivity (Wildman–Crippen MR) is 93.5 cm³/mol. The van der Waals surface area contributed by atoms with Gasteiger partial charge < -0.3 is 5.32 Å². The summed E-state index contributed by atoms with van der Waals surface area (Å²) in [5.74, 6) is 0.708. The highest BCUT2D eigenvalue weighted by Crippen LogP contribution is 2.29. The van der Waals surface area contributed by atoms with E-state index in [2.05, 4.69) is 12.2 Å². The van der Waals surface area contributed by atoms with Crippen molar-refractivity contribution >= 4 is 11.7 Å². The molecule has 23 heavy (non-hydrogen) atoms. The van der Waals surface area contributed by atoms with E-state index in [-0.39, 0.29) is 11.7 Å². The third-order valence-electron chi connectivity index (χ3n) is 4.89. The number of rotatable bonds is 8. The van der Waals surface area contributed by atoms with Crippen LogP contribution in [0.1, 0.15) is 74.2 Å². The number of nitrogens with one attached hydrogen (secondary N) is 1. The van der Waals surface area contributed by atoms with E-state index in [1.54, 1.807) is 0 Å². The first kappa shape index (κ1) is 17.7. The van der Waals surface area contributed by atoms with Crippen LogP contribution in [0.25, 0.3) is 0 Å². The lowest BCUT2D eigenvalue weighted by molar-refractivity contribution is -0.122. The Morgan fingerprint density at radius 3 is 2.57 bits per heavy atom. The number of hydrogen-bond donors (Lipinski definition) is 1. The summed E-state index contributed by atoms with van der Waals surface area (Å²) < 4.78 is 0. The topological polar surface area (TPSA) is 46.2 Å². The second-order valence-electron chi connectivity index (χ2n) is 6.80. The molecule has 3 heteroatoms. The Hall–Kier alpha value is -1.64. The number of unbranched alkanes of at least 4 members (excludes halogenated alkanes) is 1. The first-order chi connectivity index (χ1) is 11.1. The van der Waals surface area contributed by atoms with Crippen LogP contribution in [0.4, 0.5) is 0 Å². The van der Waals surface area contributed by atoms with Crippen LogP contribution in [0.3, 0.4) is 0 Å².